The van der Waals surface area contributed by atoms with Gasteiger partial charge in [0, 0.05) is 0 Å². The Morgan fingerprint density at radius 2 is 1.94 bits per heavy atom. The fraction of sp³-hybridized carbons (Fsp3) is 0.462. The molecule has 16 heavy (non-hydrogen) atoms. The van der Waals surface area contributed by atoms with E-state index >= 15 is 0 Å². The van der Waals surface area contributed by atoms with E-state index in [2.05, 4.69) is 0 Å². The lowest BCUT2D eigenvalue weighted by Gasteiger charge is -2.05. The highest BCUT2D eigenvalue weighted by atomic mass is 16.6. The Morgan fingerprint density at radius 1 is 1.31 bits per heavy atom. The average Bonchev–Trinajstić information content (AvgIpc) is 2.97. The predicted octanol–water partition coefficient (Wildman–Crippen LogP) is 2.39. The third kappa shape index (κ3) is 2.42. The SMILES string of the molecule is Cc1ccc(C2OC2C(=O)OC(C)C)cc1. The molecule has 0 spiro atoms. The second kappa shape index (κ2) is 4.26. The highest BCUT2D eigenvalue weighted by Gasteiger charge is 2.47. The van der Waals surface area contributed by atoms with Gasteiger partial charge in [-0.2, -0.15) is 0 Å². The van der Waals surface area contributed by atoms with Gasteiger partial charge in [0.05, 0.1) is 6.10 Å². The minimum Gasteiger partial charge on any atom is -0.461 e. The van der Waals surface area contributed by atoms with Crippen LogP contribution in [0.4, 0.5) is 0 Å². The summed E-state index contributed by atoms with van der Waals surface area (Å²) in [6.07, 6.45) is -0.618. The van der Waals surface area contributed by atoms with E-state index in [-0.39, 0.29) is 18.2 Å². The highest BCUT2D eigenvalue weighted by Crippen LogP contribution is 2.39. The van der Waals surface area contributed by atoms with E-state index in [0.717, 1.165) is 5.56 Å². The van der Waals surface area contributed by atoms with Gasteiger partial charge in [-0.25, -0.2) is 4.79 Å². The van der Waals surface area contributed by atoms with Gasteiger partial charge >= 0.3 is 5.97 Å². The van der Waals surface area contributed by atoms with E-state index in [1.807, 2.05) is 45.0 Å². The van der Waals surface area contributed by atoms with Crippen molar-refractivity contribution in [3.8, 4) is 0 Å². The molecule has 3 heteroatoms. The molecule has 1 fully saturated rings. The summed E-state index contributed by atoms with van der Waals surface area (Å²) in [6.45, 7) is 5.70. The number of benzene rings is 1. The third-order valence-corrected chi connectivity index (χ3v) is 2.48. The van der Waals surface area contributed by atoms with Crippen LogP contribution in [-0.4, -0.2) is 18.2 Å². The van der Waals surface area contributed by atoms with Crippen LogP contribution in [0.2, 0.25) is 0 Å². The molecule has 1 aliphatic rings. The maximum absolute atomic E-state index is 11.5. The normalized spacial score (nSPS) is 23.2. The summed E-state index contributed by atoms with van der Waals surface area (Å²) >= 11 is 0. The molecule has 86 valence electrons. The minimum absolute atomic E-state index is 0.0876. The number of rotatable bonds is 3. The molecular weight excluding hydrogens is 204 g/mol. The van der Waals surface area contributed by atoms with E-state index < -0.39 is 6.10 Å². The van der Waals surface area contributed by atoms with Crippen LogP contribution in [0, 0.1) is 6.92 Å². The molecule has 0 aliphatic carbocycles. The van der Waals surface area contributed by atoms with Crippen molar-refractivity contribution in [1.29, 1.82) is 0 Å². The Labute approximate surface area is 95.4 Å². The van der Waals surface area contributed by atoms with Gasteiger partial charge in [-0.05, 0) is 26.3 Å². The molecule has 3 nitrogen and oxygen atoms in total. The summed E-state index contributed by atoms with van der Waals surface area (Å²) in [7, 11) is 0. The monoisotopic (exact) mass is 220 g/mol. The molecule has 2 rings (SSSR count). The Kier molecular flexibility index (Phi) is 2.97. The summed E-state index contributed by atoms with van der Waals surface area (Å²) in [5, 5.41) is 0. The number of aryl methyl sites for hydroxylation is 1. The maximum atomic E-state index is 11.5. The van der Waals surface area contributed by atoms with Gasteiger partial charge in [0.1, 0.15) is 6.10 Å². The van der Waals surface area contributed by atoms with Crippen molar-refractivity contribution in [2.45, 2.75) is 39.1 Å². The number of epoxide rings is 1. The van der Waals surface area contributed by atoms with Gasteiger partial charge in [0.2, 0.25) is 0 Å². The van der Waals surface area contributed by atoms with Crippen molar-refractivity contribution >= 4 is 5.97 Å². The van der Waals surface area contributed by atoms with Crippen molar-refractivity contribution < 1.29 is 14.3 Å². The van der Waals surface area contributed by atoms with Crippen LogP contribution in [0.3, 0.4) is 0 Å². The van der Waals surface area contributed by atoms with E-state index in [4.69, 9.17) is 9.47 Å². The largest absolute Gasteiger partial charge is 0.461 e. The number of hydrogen-bond donors (Lipinski definition) is 0. The topological polar surface area (TPSA) is 38.8 Å². The summed E-state index contributed by atoms with van der Waals surface area (Å²) in [4.78, 5) is 11.5. The van der Waals surface area contributed by atoms with Gasteiger partial charge in [0.15, 0.2) is 6.10 Å². The first kappa shape index (κ1) is 11.1. The fourth-order valence-corrected chi connectivity index (χ4v) is 1.60. The summed E-state index contributed by atoms with van der Waals surface area (Å²) in [5.41, 5.74) is 2.24. The van der Waals surface area contributed by atoms with Crippen LogP contribution in [0.25, 0.3) is 0 Å². The highest BCUT2D eigenvalue weighted by molar-refractivity contribution is 5.78. The Morgan fingerprint density at radius 3 is 2.50 bits per heavy atom. The Bertz CT molecular complexity index is 381. The number of hydrogen-bond acceptors (Lipinski definition) is 3. The molecule has 0 bridgehead atoms. The van der Waals surface area contributed by atoms with Gasteiger partial charge in [-0.1, -0.05) is 29.8 Å². The number of carbonyl (C=O) groups is 1. The van der Waals surface area contributed by atoms with Crippen LogP contribution < -0.4 is 0 Å². The van der Waals surface area contributed by atoms with Crippen molar-refractivity contribution in [3.63, 3.8) is 0 Å². The Hall–Kier alpha value is -1.35. The molecule has 1 aliphatic heterocycles. The summed E-state index contributed by atoms with van der Waals surface area (Å²) < 4.78 is 10.4. The zero-order valence-corrected chi connectivity index (χ0v) is 9.77. The molecule has 2 atom stereocenters. The molecule has 2 unspecified atom stereocenters. The molecule has 1 aromatic carbocycles. The van der Waals surface area contributed by atoms with Crippen molar-refractivity contribution in [1.82, 2.24) is 0 Å². The number of ether oxygens (including phenoxy) is 2. The molecule has 0 amide bonds. The zero-order chi connectivity index (χ0) is 11.7. The van der Waals surface area contributed by atoms with Crippen molar-refractivity contribution in [3.05, 3.63) is 35.4 Å². The van der Waals surface area contributed by atoms with E-state index in [0.29, 0.717) is 0 Å². The molecule has 0 N–H and O–H groups in total. The van der Waals surface area contributed by atoms with Gasteiger partial charge in [-0.3, -0.25) is 0 Å². The average molecular weight is 220 g/mol. The second-order valence-electron chi connectivity index (χ2n) is 4.37. The zero-order valence-electron chi connectivity index (χ0n) is 9.77. The lowest BCUT2D eigenvalue weighted by Crippen LogP contribution is -2.17. The van der Waals surface area contributed by atoms with Crippen LogP contribution in [0.15, 0.2) is 24.3 Å². The first-order valence-corrected chi connectivity index (χ1v) is 5.50. The first-order chi connectivity index (χ1) is 7.58. The smallest absolute Gasteiger partial charge is 0.338 e. The van der Waals surface area contributed by atoms with Crippen LogP contribution in [0.1, 0.15) is 31.1 Å². The van der Waals surface area contributed by atoms with E-state index in [1.54, 1.807) is 0 Å². The predicted molar refractivity (Wildman–Crippen MR) is 60.0 cm³/mol. The standard InChI is InChI=1S/C13H16O3/c1-8(2)15-13(14)12-11(16-12)10-6-4-9(3)5-7-10/h4-8,11-12H,1-3H3. The van der Waals surface area contributed by atoms with Gasteiger partial charge < -0.3 is 9.47 Å². The first-order valence-electron chi connectivity index (χ1n) is 5.50. The minimum atomic E-state index is -0.412. The van der Waals surface area contributed by atoms with Gasteiger partial charge in [0.25, 0.3) is 0 Å². The lowest BCUT2D eigenvalue weighted by molar-refractivity contribution is -0.148. The lowest BCUT2D eigenvalue weighted by atomic mass is 10.1. The molecule has 1 saturated heterocycles. The van der Waals surface area contributed by atoms with Crippen molar-refractivity contribution in [2.75, 3.05) is 0 Å². The quantitative estimate of drug-likeness (QED) is 0.580. The van der Waals surface area contributed by atoms with Crippen molar-refractivity contribution in [2.24, 2.45) is 0 Å². The molecule has 0 radical (unpaired) electrons. The van der Waals surface area contributed by atoms with E-state index in [1.165, 1.54) is 5.56 Å². The Balaban J connectivity index is 1.96. The number of carbonyl (C=O) groups excluding carboxylic acids is 1. The van der Waals surface area contributed by atoms with E-state index in [9.17, 15) is 4.79 Å². The molecule has 1 aromatic rings. The third-order valence-electron chi connectivity index (χ3n) is 2.48. The molecular formula is C13H16O3. The van der Waals surface area contributed by atoms with Gasteiger partial charge in [-0.15, -0.1) is 0 Å². The molecule has 0 aromatic heterocycles. The van der Waals surface area contributed by atoms with Crippen LogP contribution in [-0.2, 0) is 14.3 Å². The second-order valence-corrected chi connectivity index (χ2v) is 4.37. The molecule has 0 saturated carbocycles. The maximum Gasteiger partial charge on any atom is 0.338 e. The summed E-state index contributed by atoms with van der Waals surface area (Å²) in [6, 6.07) is 8.01. The van der Waals surface area contributed by atoms with Crippen LogP contribution in [0.5, 0.6) is 0 Å². The van der Waals surface area contributed by atoms with Crippen LogP contribution >= 0.6 is 0 Å². The molecule has 1 heterocycles. The summed E-state index contributed by atoms with van der Waals surface area (Å²) in [5.74, 6) is -0.263. The fourth-order valence-electron chi connectivity index (χ4n) is 1.60. The number of esters is 1.